The van der Waals surface area contributed by atoms with Crippen molar-refractivity contribution in [1.82, 2.24) is 13.9 Å². The Labute approximate surface area is 229 Å². The predicted octanol–water partition coefficient (Wildman–Crippen LogP) is 6.07. The minimum Gasteiger partial charge on any atom is -0.378 e. The van der Waals surface area contributed by atoms with E-state index in [4.69, 9.17) is 28.2 Å². The molecule has 7 nitrogen and oxygen atoms in total. The van der Waals surface area contributed by atoms with Crippen LogP contribution in [0.3, 0.4) is 0 Å². The summed E-state index contributed by atoms with van der Waals surface area (Å²) in [5.41, 5.74) is 7.22. The minimum atomic E-state index is -3.20. The Kier molecular flexibility index (Phi) is 6.97. The Morgan fingerprint density at radius 3 is 2.64 bits per heavy atom. The smallest absolute Gasteiger partial charge is 0.213 e. The number of hydrogen-bond donors (Lipinski definition) is 1. The zero-order chi connectivity index (χ0) is 25.8. The summed E-state index contributed by atoms with van der Waals surface area (Å²) >= 11 is 16.7. The van der Waals surface area contributed by atoms with E-state index >= 15 is 0 Å². The number of pyridine rings is 1. The van der Waals surface area contributed by atoms with Crippen molar-refractivity contribution in [3.63, 3.8) is 0 Å². The molecule has 11 heteroatoms. The van der Waals surface area contributed by atoms with Crippen LogP contribution in [-0.2, 0) is 16.4 Å². The molecule has 1 unspecified atom stereocenters. The van der Waals surface area contributed by atoms with Crippen molar-refractivity contribution in [2.45, 2.75) is 39.7 Å². The van der Waals surface area contributed by atoms with Gasteiger partial charge in [0.2, 0.25) is 10.0 Å². The third kappa shape index (κ3) is 4.49. The molecule has 5 rings (SSSR count). The minimum absolute atomic E-state index is 0.000744. The molecular formula is C25H26BrCl2N5O2S. The number of aryl methyl sites for hydroxylation is 1. The summed E-state index contributed by atoms with van der Waals surface area (Å²) in [6, 6.07) is 7.60. The zero-order valence-corrected chi connectivity index (χ0v) is 24.1. The van der Waals surface area contributed by atoms with Gasteiger partial charge in [0.1, 0.15) is 5.69 Å². The van der Waals surface area contributed by atoms with Gasteiger partial charge in [0.15, 0.2) is 0 Å². The molecular weight excluding hydrogens is 585 g/mol. The number of anilines is 1. The Bertz CT molecular complexity index is 1480. The number of sulfonamides is 1. The highest BCUT2D eigenvalue weighted by atomic mass is 79.9. The molecule has 2 aliphatic heterocycles. The van der Waals surface area contributed by atoms with Gasteiger partial charge in [-0.3, -0.25) is 4.98 Å². The van der Waals surface area contributed by atoms with Gasteiger partial charge >= 0.3 is 0 Å². The van der Waals surface area contributed by atoms with Gasteiger partial charge in [-0.25, -0.2) is 13.4 Å². The average molecular weight is 611 g/mol. The number of hydrogen-bond acceptors (Lipinski definition) is 5. The van der Waals surface area contributed by atoms with Crippen LogP contribution in [0.2, 0.25) is 10.0 Å². The highest BCUT2D eigenvalue weighted by molar-refractivity contribution is 9.10. The first-order valence-electron chi connectivity index (χ1n) is 11.7. The number of aromatic nitrogens is 2. The first-order valence-corrected chi connectivity index (χ1v) is 14.9. The molecule has 0 aliphatic carbocycles. The van der Waals surface area contributed by atoms with Gasteiger partial charge in [0.05, 0.1) is 43.1 Å². The molecule has 0 radical (unpaired) electrons. The maximum atomic E-state index is 12.3. The number of fused-ring (bicyclic) bond motifs is 1. The van der Waals surface area contributed by atoms with Crippen LogP contribution in [0.25, 0.3) is 5.69 Å². The molecule has 1 aromatic carbocycles. The van der Waals surface area contributed by atoms with E-state index in [2.05, 4.69) is 36.9 Å². The largest absolute Gasteiger partial charge is 0.378 e. The Morgan fingerprint density at radius 2 is 1.94 bits per heavy atom. The van der Waals surface area contributed by atoms with Crippen molar-refractivity contribution in [2.24, 2.45) is 4.99 Å². The van der Waals surface area contributed by atoms with Crippen LogP contribution >= 0.6 is 39.1 Å². The molecule has 4 heterocycles. The molecule has 2 aliphatic rings. The van der Waals surface area contributed by atoms with Crippen LogP contribution in [0.1, 0.15) is 36.0 Å². The summed E-state index contributed by atoms with van der Waals surface area (Å²) in [7, 11) is -3.20. The lowest BCUT2D eigenvalue weighted by molar-refractivity contribution is 0.476. The van der Waals surface area contributed by atoms with Crippen LogP contribution in [0.4, 0.5) is 11.4 Å². The molecule has 0 spiro atoms. The molecule has 1 atom stereocenters. The van der Waals surface area contributed by atoms with Crippen molar-refractivity contribution < 1.29 is 8.42 Å². The lowest BCUT2D eigenvalue weighted by Gasteiger charge is -2.18. The maximum Gasteiger partial charge on any atom is 0.213 e. The summed E-state index contributed by atoms with van der Waals surface area (Å²) in [4.78, 5) is 9.64. The summed E-state index contributed by atoms with van der Waals surface area (Å²) in [5, 5.41) is 4.71. The quantitative estimate of drug-likeness (QED) is 0.367. The molecule has 1 saturated heterocycles. The van der Waals surface area contributed by atoms with E-state index in [1.54, 1.807) is 17.4 Å². The van der Waals surface area contributed by atoms with Crippen LogP contribution in [0.15, 0.2) is 39.9 Å². The lowest BCUT2D eigenvalue weighted by atomic mass is 10.1. The van der Waals surface area contributed by atoms with Crippen LogP contribution in [0.5, 0.6) is 0 Å². The molecule has 0 saturated carbocycles. The molecule has 1 N–H and O–H groups in total. The average Bonchev–Trinajstić information content (AvgIpc) is 3.55. The Morgan fingerprint density at radius 1 is 1.22 bits per heavy atom. The number of benzene rings is 1. The molecule has 0 bridgehead atoms. The number of aliphatic imine (C=N–C) groups is 1. The number of rotatable bonds is 6. The molecule has 0 amide bonds. The standard InChI is InChI=1S/C25H26BrCl2N5O2S/c1-4-36(34,35)32-9-8-16(13-32)30-23-18(26)12-29-22-11-21(31-24(22)23)17-10-14(2)33(15(17)3)25-19(27)6-5-7-20(25)28/h5-7,10,12,16H,4,8-9,11,13H2,1-3H3,(H,29,30). The predicted molar refractivity (Wildman–Crippen MR) is 150 cm³/mol. The van der Waals surface area contributed by atoms with E-state index in [0.717, 1.165) is 56.3 Å². The van der Waals surface area contributed by atoms with Gasteiger partial charge in [-0.2, -0.15) is 4.31 Å². The fraction of sp³-hybridized carbons (Fsp3) is 0.360. The number of para-hydroxylation sites is 1. The van der Waals surface area contributed by atoms with Gasteiger partial charge in [-0.15, -0.1) is 0 Å². The molecule has 1 fully saturated rings. The van der Waals surface area contributed by atoms with E-state index < -0.39 is 10.0 Å². The van der Waals surface area contributed by atoms with Gasteiger partial charge in [0.25, 0.3) is 0 Å². The summed E-state index contributed by atoms with van der Waals surface area (Å²) in [6.45, 7) is 6.70. The normalized spacial score (nSPS) is 17.9. The second-order valence-electron chi connectivity index (χ2n) is 9.09. The van der Waals surface area contributed by atoms with Crippen molar-refractivity contribution >= 4 is 66.2 Å². The van der Waals surface area contributed by atoms with E-state index in [1.165, 1.54) is 0 Å². The van der Waals surface area contributed by atoms with Crippen LogP contribution in [-0.4, -0.2) is 52.9 Å². The van der Waals surface area contributed by atoms with Crippen molar-refractivity contribution in [2.75, 3.05) is 24.2 Å². The molecule has 190 valence electrons. The fourth-order valence-electron chi connectivity index (χ4n) is 4.98. The molecule has 36 heavy (non-hydrogen) atoms. The zero-order valence-electron chi connectivity index (χ0n) is 20.1. The van der Waals surface area contributed by atoms with E-state index in [9.17, 15) is 8.42 Å². The van der Waals surface area contributed by atoms with Crippen molar-refractivity contribution in [3.8, 4) is 5.69 Å². The summed E-state index contributed by atoms with van der Waals surface area (Å²) < 4.78 is 29.0. The summed E-state index contributed by atoms with van der Waals surface area (Å²) in [5.74, 6) is 0.111. The monoisotopic (exact) mass is 609 g/mol. The SMILES string of the molecule is CCS(=O)(=O)N1CCC(Nc2c(Br)cnc3c2N=C(c2cc(C)n(-c4c(Cl)cccc4Cl)c2C)C3)C1. The van der Waals surface area contributed by atoms with E-state index in [0.29, 0.717) is 29.6 Å². The molecule has 3 aromatic rings. The lowest BCUT2D eigenvalue weighted by Crippen LogP contribution is -2.32. The third-order valence-corrected chi connectivity index (χ3v) is 9.88. The van der Waals surface area contributed by atoms with Crippen molar-refractivity contribution in [1.29, 1.82) is 0 Å². The Balaban J connectivity index is 1.48. The Hall–Kier alpha value is -1.91. The van der Waals surface area contributed by atoms with E-state index in [1.807, 2.05) is 32.0 Å². The number of nitrogens with one attached hydrogen (secondary N) is 1. The van der Waals surface area contributed by atoms with Crippen LogP contribution in [0, 0.1) is 13.8 Å². The van der Waals surface area contributed by atoms with Gasteiger partial charge in [-0.1, -0.05) is 29.3 Å². The van der Waals surface area contributed by atoms with E-state index in [-0.39, 0.29) is 11.8 Å². The first kappa shape index (κ1) is 25.7. The number of halogens is 3. The highest BCUT2D eigenvalue weighted by Crippen LogP contribution is 2.41. The number of nitrogens with zero attached hydrogens (tertiary/aromatic N) is 4. The molecule has 2 aromatic heterocycles. The van der Waals surface area contributed by atoms with Gasteiger partial charge in [-0.05, 0) is 61.3 Å². The summed E-state index contributed by atoms with van der Waals surface area (Å²) in [6.07, 6.45) is 3.11. The second kappa shape index (κ2) is 9.76. The maximum absolute atomic E-state index is 12.3. The fourth-order valence-corrected chi connectivity index (χ4v) is 7.11. The van der Waals surface area contributed by atoms with Gasteiger partial charge in [0, 0.05) is 48.7 Å². The second-order valence-corrected chi connectivity index (χ2v) is 13.0. The van der Waals surface area contributed by atoms with Crippen LogP contribution < -0.4 is 5.32 Å². The third-order valence-electron chi connectivity index (χ3n) is 6.83. The topological polar surface area (TPSA) is 79.6 Å². The van der Waals surface area contributed by atoms with Crippen molar-refractivity contribution in [3.05, 3.63) is 67.6 Å². The first-order chi connectivity index (χ1) is 17.1. The van der Waals surface area contributed by atoms with Gasteiger partial charge < -0.3 is 9.88 Å². The highest BCUT2D eigenvalue weighted by Gasteiger charge is 2.32.